The van der Waals surface area contributed by atoms with Crippen molar-refractivity contribution >= 4 is 24.1 Å². The van der Waals surface area contributed by atoms with E-state index in [1.807, 2.05) is 12.1 Å². The summed E-state index contributed by atoms with van der Waals surface area (Å²) in [5.74, 6) is -0.437. The molecule has 0 saturated carbocycles. The first-order valence-electron chi connectivity index (χ1n) is 6.15. The maximum Gasteiger partial charge on any atom is 0.272 e. The molecule has 0 amide bonds. The lowest BCUT2D eigenvalue weighted by atomic mass is 9.92. The van der Waals surface area contributed by atoms with Crippen LogP contribution in [-0.2, 0) is 6.42 Å². The molecule has 3 nitrogen and oxygen atoms in total. The van der Waals surface area contributed by atoms with Crippen molar-refractivity contribution in [3.05, 3.63) is 69.9 Å². The van der Waals surface area contributed by atoms with Crippen LogP contribution in [0.15, 0.2) is 47.3 Å². The van der Waals surface area contributed by atoms with Crippen LogP contribution in [0.4, 0.5) is 4.39 Å². The summed E-state index contributed by atoms with van der Waals surface area (Å²) in [6, 6.07) is 11.8. The fourth-order valence-electron chi connectivity index (χ4n) is 2.20. The molecule has 0 spiro atoms. The van der Waals surface area contributed by atoms with Crippen LogP contribution in [0.2, 0.25) is 0 Å². The van der Waals surface area contributed by atoms with Crippen LogP contribution in [0.3, 0.4) is 0 Å². The first kappa shape index (κ1) is 12.6. The fraction of sp³-hybridized carbons (Fsp3) is 0.0667. The van der Waals surface area contributed by atoms with E-state index in [1.165, 1.54) is 6.07 Å². The zero-order valence-corrected chi connectivity index (χ0v) is 10.6. The smallest absolute Gasteiger partial charge is 0.267 e. The normalized spacial score (nSPS) is 10.8. The molecule has 1 heterocycles. The Balaban J connectivity index is 2.09. The highest BCUT2D eigenvalue weighted by atomic mass is 19.1. The molecule has 3 rings (SSSR count). The molecule has 3 aromatic rings. The van der Waals surface area contributed by atoms with Gasteiger partial charge in [0, 0.05) is 11.8 Å². The van der Waals surface area contributed by atoms with Crippen LogP contribution in [-0.4, -0.2) is 18.0 Å². The molecule has 0 saturated heterocycles. The van der Waals surface area contributed by atoms with Crippen molar-refractivity contribution in [2.24, 2.45) is 0 Å². The Labute approximate surface area is 115 Å². The molecule has 0 aliphatic rings. The van der Waals surface area contributed by atoms with E-state index >= 15 is 0 Å². The zero-order chi connectivity index (χ0) is 14.1. The quantitative estimate of drug-likeness (QED) is 0.712. The lowest BCUT2D eigenvalue weighted by Crippen LogP contribution is -2.13. The summed E-state index contributed by atoms with van der Waals surface area (Å²) in [5.41, 5.74) is 1.46. The van der Waals surface area contributed by atoms with E-state index < -0.39 is 5.82 Å². The van der Waals surface area contributed by atoms with Crippen molar-refractivity contribution in [3.63, 3.8) is 0 Å². The molecule has 0 atom stereocenters. The van der Waals surface area contributed by atoms with Crippen LogP contribution in [0.1, 0.15) is 11.3 Å². The molecular formula is C15H10BFN2O. The Morgan fingerprint density at radius 3 is 2.65 bits per heavy atom. The molecule has 1 aromatic heterocycles. The summed E-state index contributed by atoms with van der Waals surface area (Å²) in [7, 11) is 5.56. The Morgan fingerprint density at radius 2 is 1.90 bits per heavy atom. The molecule has 0 aliphatic carbocycles. The van der Waals surface area contributed by atoms with Gasteiger partial charge >= 0.3 is 0 Å². The lowest BCUT2D eigenvalue weighted by molar-refractivity contribution is 0.635. The second-order valence-corrected chi connectivity index (χ2v) is 4.58. The van der Waals surface area contributed by atoms with Gasteiger partial charge in [-0.3, -0.25) is 4.79 Å². The van der Waals surface area contributed by atoms with E-state index in [-0.39, 0.29) is 11.0 Å². The first-order chi connectivity index (χ1) is 9.65. The molecule has 96 valence electrons. The molecule has 0 unspecified atom stereocenters. The Morgan fingerprint density at radius 1 is 1.15 bits per heavy atom. The van der Waals surface area contributed by atoms with E-state index in [2.05, 4.69) is 10.2 Å². The maximum atomic E-state index is 13.2. The van der Waals surface area contributed by atoms with Crippen LogP contribution < -0.4 is 11.0 Å². The van der Waals surface area contributed by atoms with E-state index in [1.54, 1.807) is 24.3 Å². The maximum absolute atomic E-state index is 13.2. The topological polar surface area (TPSA) is 45.8 Å². The van der Waals surface area contributed by atoms with Gasteiger partial charge in [-0.15, -0.1) is 0 Å². The minimum atomic E-state index is -0.437. The number of rotatable bonds is 2. The molecule has 0 fully saturated rings. The van der Waals surface area contributed by atoms with Crippen LogP contribution in [0.5, 0.6) is 0 Å². The van der Waals surface area contributed by atoms with Crippen molar-refractivity contribution in [2.75, 3.05) is 0 Å². The standard InChI is InChI=1S/C15H10BFN2O/c16-12-7-9(5-6-13(12)17)8-14-10-3-1-2-4-11(10)15(20)19-18-14/h1-7H,8H2,(H,19,20). The highest BCUT2D eigenvalue weighted by molar-refractivity contribution is 6.32. The molecular weight excluding hydrogens is 254 g/mol. The average molecular weight is 264 g/mol. The van der Waals surface area contributed by atoms with Gasteiger partial charge in [0.25, 0.3) is 5.56 Å². The SMILES string of the molecule is [B]c1cc(Cc2n[nH]c(=O)c3ccccc23)ccc1F. The Kier molecular flexibility index (Phi) is 3.10. The fourth-order valence-corrected chi connectivity index (χ4v) is 2.20. The third kappa shape index (κ3) is 2.22. The van der Waals surface area contributed by atoms with E-state index in [9.17, 15) is 9.18 Å². The monoisotopic (exact) mass is 264 g/mol. The van der Waals surface area contributed by atoms with Crippen LogP contribution in [0, 0.1) is 5.82 Å². The average Bonchev–Trinajstić information content (AvgIpc) is 2.46. The number of benzene rings is 2. The molecule has 0 bridgehead atoms. The van der Waals surface area contributed by atoms with E-state index in [4.69, 9.17) is 7.85 Å². The number of aromatic amines is 1. The van der Waals surface area contributed by atoms with Gasteiger partial charge < -0.3 is 0 Å². The third-order valence-electron chi connectivity index (χ3n) is 3.21. The van der Waals surface area contributed by atoms with Gasteiger partial charge in [-0.25, -0.2) is 9.49 Å². The largest absolute Gasteiger partial charge is 0.272 e. The summed E-state index contributed by atoms with van der Waals surface area (Å²) >= 11 is 0. The molecule has 2 aromatic carbocycles. The summed E-state index contributed by atoms with van der Waals surface area (Å²) < 4.78 is 13.2. The molecule has 5 heteroatoms. The zero-order valence-electron chi connectivity index (χ0n) is 10.6. The second kappa shape index (κ2) is 4.92. The van der Waals surface area contributed by atoms with Gasteiger partial charge in [0.1, 0.15) is 13.7 Å². The third-order valence-corrected chi connectivity index (χ3v) is 3.21. The van der Waals surface area contributed by atoms with Crippen LogP contribution in [0.25, 0.3) is 10.8 Å². The number of H-pyrrole nitrogens is 1. The van der Waals surface area contributed by atoms with Gasteiger partial charge in [0.05, 0.1) is 11.1 Å². The van der Waals surface area contributed by atoms with Gasteiger partial charge in [-0.1, -0.05) is 35.8 Å². The van der Waals surface area contributed by atoms with Crippen LogP contribution >= 0.6 is 0 Å². The van der Waals surface area contributed by atoms with Gasteiger partial charge in [-0.05, 0) is 17.7 Å². The number of hydrogen-bond donors (Lipinski definition) is 1. The number of nitrogens with one attached hydrogen (secondary N) is 1. The first-order valence-corrected chi connectivity index (χ1v) is 6.15. The van der Waals surface area contributed by atoms with Crippen molar-refractivity contribution in [2.45, 2.75) is 6.42 Å². The summed E-state index contributed by atoms with van der Waals surface area (Å²) in [6.07, 6.45) is 0.474. The second-order valence-electron chi connectivity index (χ2n) is 4.58. The number of aromatic nitrogens is 2. The lowest BCUT2D eigenvalue weighted by Gasteiger charge is -2.06. The van der Waals surface area contributed by atoms with Crippen molar-refractivity contribution < 1.29 is 4.39 Å². The van der Waals surface area contributed by atoms with E-state index in [0.29, 0.717) is 11.8 Å². The van der Waals surface area contributed by atoms with Gasteiger partial charge in [-0.2, -0.15) is 5.10 Å². The number of halogens is 1. The van der Waals surface area contributed by atoms with E-state index in [0.717, 1.165) is 16.6 Å². The summed E-state index contributed by atoms with van der Waals surface area (Å²) in [6.45, 7) is 0. The highest BCUT2D eigenvalue weighted by Crippen LogP contribution is 2.15. The van der Waals surface area contributed by atoms with Crippen molar-refractivity contribution in [3.8, 4) is 0 Å². The number of nitrogens with zero attached hydrogens (tertiary/aromatic N) is 1. The van der Waals surface area contributed by atoms with Gasteiger partial charge in [0.15, 0.2) is 0 Å². The van der Waals surface area contributed by atoms with Crippen molar-refractivity contribution in [1.82, 2.24) is 10.2 Å². The van der Waals surface area contributed by atoms with Crippen molar-refractivity contribution in [1.29, 1.82) is 0 Å². The van der Waals surface area contributed by atoms with Gasteiger partial charge in [0.2, 0.25) is 0 Å². The number of fused-ring (bicyclic) bond motifs is 1. The molecule has 1 N–H and O–H groups in total. The predicted octanol–water partition coefficient (Wildman–Crippen LogP) is 1.45. The minimum absolute atomic E-state index is 0.108. The summed E-state index contributed by atoms with van der Waals surface area (Å²) in [5, 5.41) is 7.94. The molecule has 20 heavy (non-hydrogen) atoms. The number of hydrogen-bond acceptors (Lipinski definition) is 2. The highest BCUT2D eigenvalue weighted by Gasteiger charge is 2.07. The Bertz CT molecular complexity index is 845. The summed E-state index contributed by atoms with van der Waals surface area (Å²) in [4.78, 5) is 11.7. The molecule has 0 aliphatic heterocycles. The predicted molar refractivity (Wildman–Crippen MR) is 77.0 cm³/mol. The Hall–Kier alpha value is -2.43. The minimum Gasteiger partial charge on any atom is -0.267 e. The molecule has 2 radical (unpaired) electrons.